The van der Waals surface area contributed by atoms with Crippen LogP contribution in [0.4, 0.5) is 5.95 Å². The van der Waals surface area contributed by atoms with Crippen LogP contribution in [0.5, 0.6) is 5.75 Å². The van der Waals surface area contributed by atoms with E-state index in [1.165, 1.54) is 6.21 Å². The van der Waals surface area contributed by atoms with Crippen LogP contribution >= 0.6 is 31.9 Å². The number of H-pyrrole nitrogens is 1. The molecule has 2 rings (SSSR count). The molecule has 1 aromatic heterocycles. The molecule has 0 saturated carbocycles. The largest absolute Gasteiger partial charge is 0.871 e. The van der Waals surface area contributed by atoms with Gasteiger partial charge < -0.3 is 5.11 Å². The van der Waals surface area contributed by atoms with E-state index < -0.39 is 0 Å². The zero-order valence-electron chi connectivity index (χ0n) is 8.19. The van der Waals surface area contributed by atoms with Crippen molar-refractivity contribution in [3.63, 3.8) is 0 Å². The summed E-state index contributed by atoms with van der Waals surface area (Å²) in [6.45, 7) is 0. The highest BCUT2D eigenvalue weighted by Gasteiger charge is 1.98. The third-order valence-electron chi connectivity index (χ3n) is 1.75. The lowest BCUT2D eigenvalue weighted by molar-refractivity contribution is -0.269. The molecule has 1 aromatic carbocycles. The van der Waals surface area contributed by atoms with Crippen molar-refractivity contribution in [1.29, 1.82) is 0 Å². The van der Waals surface area contributed by atoms with Crippen LogP contribution in [-0.2, 0) is 0 Å². The number of rotatable bonds is 3. The van der Waals surface area contributed by atoms with Crippen LogP contribution in [0.25, 0.3) is 0 Å². The van der Waals surface area contributed by atoms with E-state index in [1.54, 1.807) is 12.1 Å². The van der Waals surface area contributed by atoms with Crippen molar-refractivity contribution in [2.24, 2.45) is 5.10 Å². The van der Waals surface area contributed by atoms with E-state index in [-0.39, 0.29) is 11.7 Å². The summed E-state index contributed by atoms with van der Waals surface area (Å²) in [5.41, 5.74) is 2.96. The minimum atomic E-state index is -0.146. The smallest absolute Gasteiger partial charge is 0.283 e. The fourth-order valence-electron chi connectivity index (χ4n) is 1.04. The van der Waals surface area contributed by atoms with Gasteiger partial charge in [-0.05, 0) is 22.9 Å². The van der Waals surface area contributed by atoms with Gasteiger partial charge in [-0.1, -0.05) is 42.7 Å². The highest BCUT2D eigenvalue weighted by atomic mass is 79.9. The molecule has 0 amide bonds. The molecule has 1 heterocycles. The topological polar surface area (TPSA) is 102 Å². The molecular formula is C8H5Br2N6O-. The maximum Gasteiger partial charge on any atom is 0.283 e. The van der Waals surface area contributed by atoms with E-state index in [0.717, 1.165) is 4.47 Å². The van der Waals surface area contributed by atoms with E-state index in [4.69, 9.17) is 0 Å². The van der Waals surface area contributed by atoms with Gasteiger partial charge in [-0.15, -0.1) is 5.10 Å². The number of aromatic amines is 1. The molecule has 17 heavy (non-hydrogen) atoms. The Morgan fingerprint density at radius 2 is 2.24 bits per heavy atom. The minimum absolute atomic E-state index is 0.146. The lowest BCUT2D eigenvalue weighted by Gasteiger charge is -2.12. The molecule has 0 spiro atoms. The number of benzene rings is 1. The molecule has 0 fully saturated rings. The van der Waals surface area contributed by atoms with Gasteiger partial charge in [0.1, 0.15) is 0 Å². The summed E-state index contributed by atoms with van der Waals surface area (Å²) in [5.74, 6) is 0.0784. The van der Waals surface area contributed by atoms with E-state index in [9.17, 15) is 5.11 Å². The molecule has 9 heteroatoms. The van der Waals surface area contributed by atoms with Crippen LogP contribution < -0.4 is 10.5 Å². The van der Waals surface area contributed by atoms with Gasteiger partial charge in [0.05, 0.1) is 6.21 Å². The average molecular weight is 361 g/mol. The number of tetrazole rings is 1. The van der Waals surface area contributed by atoms with Crippen LogP contribution in [0.15, 0.2) is 26.2 Å². The molecule has 0 bridgehead atoms. The molecule has 0 saturated heterocycles. The number of hydrazone groups is 1. The van der Waals surface area contributed by atoms with E-state index in [1.807, 2.05) is 0 Å². The van der Waals surface area contributed by atoms with Gasteiger partial charge in [0.15, 0.2) is 0 Å². The minimum Gasteiger partial charge on any atom is -0.871 e. The van der Waals surface area contributed by atoms with Gasteiger partial charge in [0.25, 0.3) is 5.95 Å². The highest BCUT2D eigenvalue weighted by Crippen LogP contribution is 2.28. The Hall–Kier alpha value is -1.48. The van der Waals surface area contributed by atoms with Crippen LogP contribution in [0, 0.1) is 0 Å². The Kier molecular flexibility index (Phi) is 3.69. The Morgan fingerprint density at radius 3 is 2.94 bits per heavy atom. The molecule has 2 aromatic rings. The Bertz CT molecular complexity index is 541. The zero-order valence-corrected chi connectivity index (χ0v) is 11.4. The van der Waals surface area contributed by atoms with Crippen molar-refractivity contribution in [2.45, 2.75) is 0 Å². The summed E-state index contributed by atoms with van der Waals surface area (Å²) in [7, 11) is 0. The normalized spacial score (nSPS) is 10.9. The van der Waals surface area contributed by atoms with Gasteiger partial charge in [-0.3, -0.25) is 0 Å². The molecule has 2 N–H and O–H groups in total. The van der Waals surface area contributed by atoms with Crippen molar-refractivity contribution in [3.05, 3.63) is 26.6 Å². The number of halogens is 2. The summed E-state index contributed by atoms with van der Waals surface area (Å²) in [6.07, 6.45) is 1.38. The third kappa shape index (κ3) is 3.01. The zero-order chi connectivity index (χ0) is 12.3. The lowest BCUT2D eigenvalue weighted by Crippen LogP contribution is -1.99. The van der Waals surface area contributed by atoms with Crippen LogP contribution in [0.2, 0.25) is 0 Å². The predicted octanol–water partition coefficient (Wildman–Crippen LogP) is 1.24. The van der Waals surface area contributed by atoms with Gasteiger partial charge in [-0.2, -0.15) is 10.3 Å². The number of aromatic nitrogens is 4. The first kappa shape index (κ1) is 12.0. The summed E-state index contributed by atoms with van der Waals surface area (Å²) >= 11 is 6.45. The van der Waals surface area contributed by atoms with E-state index in [0.29, 0.717) is 10.0 Å². The highest BCUT2D eigenvalue weighted by molar-refractivity contribution is 9.11. The molecular weight excluding hydrogens is 356 g/mol. The van der Waals surface area contributed by atoms with Gasteiger partial charge >= 0.3 is 0 Å². The monoisotopic (exact) mass is 359 g/mol. The van der Waals surface area contributed by atoms with Crippen molar-refractivity contribution in [1.82, 2.24) is 20.6 Å². The lowest BCUT2D eigenvalue weighted by atomic mass is 10.2. The predicted molar refractivity (Wildman–Crippen MR) is 66.7 cm³/mol. The van der Waals surface area contributed by atoms with Crippen LogP contribution in [0.1, 0.15) is 5.56 Å². The SMILES string of the molecule is [O-]c1c(Br)cc(Br)cc1C=NNc1nn[nH]n1. The number of hydrogen-bond donors (Lipinski definition) is 2. The summed E-state index contributed by atoms with van der Waals surface area (Å²) in [4.78, 5) is 0. The number of nitrogens with zero attached hydrogens (tertiary/aromatic N) is 4. The van der Waals surface area contributed by atoms with Crippen molar-refractivity contribution >= 4 is 44.0 Å². The van der Waals surface area contributed by atoms with Gasteiger partial charge in [-0.25, -0.2) is 5.43 Å². The Balaban J connectivity index is 2.15. The van der Waals surface area contributed by atoms with E-state index >= 15 is 0 Å². The van der Waals surface area contributed by atoms with Crippen LogP contribution in [-0.4, -0.2) is 26.8 Å². The molecule has 88 valence electrons. The number of hydrogen-bond acceptors (Lipinski definition) is 6. The van der Waals surface area contributed by atoms with Gasteiger partial charge in [0, 0.05) is 8.95 Å². The molecule has 0 aliphatic rings. The first-order valence-electron chi connectivity index (χ1n) is 4.35. The fraction of sp³-hybridized carbons (Fsp3) is 0. The number of nitrogens with one attached hydrogen (secondary N) is 2. The summed E-state index contributed by atoms with van der Waals surface area (Å²) < 4.78 is 1.25. The third-order valence-corrected chi connectivity index (χ3v) is 2.80. The Morgan fingerprint density at radius 1 is 1.41 bits per heavy atom. The molecule has 7 nitrogen and oxygen atoms in total. The maximum atomic E-state index is 11.7. The molecule has 0 atom stereocenters. The van der Waals surface area contributed by atoms with E-state index in [2.05, 4.69) is 63.0 Å². The van der Waals surface area contributed by atoms with Crippen LogP contribution in [0.3, 0.4) is 0 Å². The van der Waals surface area contributed by atoms with Crippen molar-refractivity contribution in [3.8, 4) is 5.75 Å². The quantitative estimate of drug-likeness (QED) is 0.633. The summed E-state index contributed by atoms with van der Waals surface area (Å²) in [5, 5.41) is 28.4. The molecule has 0 radical (unpaired) electrons. The van der Waals surface area contributed by atoms with Crippen molar-refractivity contribution in [2.75, 3.05) is 5.43 Å². The first-order chi connectivity index (χ1) is 8.16. The molecule has 0 unspecified atom stereocenters. The van der Waals surface area contributed by atoms with Gasteiger partial charge in [0.2, 0.25) is 0 Å². The maximum absolute atomic E-state index is 11.7. The molecule has 0 aliphatic heterocycles. The second-order valence-electron chi connectivity index (χ2n) is 2.91. The second-order valence-corrected chi connectivity index (χ2v) is 4.68. The summed E-state index contributed by atoms with van der Waals surface area (Å²) in [6, 6.07) is 3.33. The number of anilines is 1. The first-order valence-corrected chi connectivity index (χ1v) is 5.94. The average Bonchev–Trinajstić information content (AvgIpc) is 2.78. The molecule has 0 aliphatic carbocycles. The standard InChI is InChI=1S/C8H6Br2N6O/c9-5-1-4(7(17)6(10)2-5)3-11-12-8-13-15-16-14-8/h1-3,17H,(H2,12,13,14,15,16)/p-1. The second kappa shape index (κ2) is 5.23. The Labute approximate surface area is 113 Å². The van der Waals surface area contributed by atoms with Crippen molar-refractivity contribution < 1.29 is 5.11 Å². The fourth-order valence-corrected chi connectivity index (χ4v) is 2.30.